The number of rotatable bonds is 6. The van der Waals surface area contributed by atoms with Crippen LogP contribution in [0.4, 0.5) is 0 Å². The SMILES string of the molecule is COc1cc(C(=O)N2CC3CCC2C3)cc2nc(-c3cc4ccc(-c5cccc6nc(C)ccc56)cc4n3CC3CC3)n(C)c12. The maximum atomic E-state index is 13.7. The number of ether oxygens (including phenoxy) is 1. The topological polar surface area (TPSA) is 65.2 Å². The van der Waals surface area contributed by atoms with Crippen LogP contribution in [-0.2, 0) is 13.6 Å². The number of methoxy groups -OCH3 is 1. The number of imidazole rings is 1. The van der Waals surface area contributed by atoms with E-state index < -0.39 is 0 Å². The van der Waals surface area contributed by atoms with E-state index in [4.69, 9.17) is 14.7 Å². The number of likely N-dealkylation sites (tertiary alicyclic amines) is 1. The normalized spacial score (nSPS) is 19.4. The summed E-state index contributed by atoms with van der Waals surface area (Å²) in [5.41, 5.74) is 9.10. The van der Waals surface area contributed by atoms with Crippen LogP contribution in [0.25, 0.3) is 55.5 Å². The fourth-order valence-electron chi connectivity index (χ4n) is 8.03. The Morgan fingerprint density at radius 2 is 1.84 bits per heavy atom. The van der Waals surface area contributed by atoms with E-state index in [-0.39, 0.29) is 5.91 Å². The number of fused-ring (bicyclic) bond motifs is 5. The Morgan fingerprint density at radius 1 is 0.956 bits per heavy atom. The molecule has 7 heteroatoms. The number of pyridine rings is 1. The van der Waals surface area contributed by atoms with Crippen molar-refractivity contribution in [3.8, 4) is 28.4 Å². The van der Waals surface area contributed by atoms with E-state index in [2.05, 4.69) is 75.7 Å². The zero-order chi connectivity index (χ0) is 30.4. The quantitative estimate of drug-likeness (QED) is 0.197. The first-order valence-corrected chi connectivity index (χ1v) is 16.3. The summed E-state index contributed by atoms with van der Waals surface area (Å²) in [4.78, 5) is 25.7. The Bertz CT molecular complexity index is 2170. The molecular weight excluding hydrogens is 558 g/mol. The Morgan fingerprint density at radius 3 is 2.62 bits per heavy atom. The maximum Gasteiger partial charge on any atom is 0.254 e. The number of carbonyl (C=O) groups is 1. The third-order valence-corrected chi connectivity index (χ3v) is 10.5. The number of benzene rings is 3. The van der Waals surface area contributed by atoms with Gasteiger partial charge < -0.3 is 18.8 Å². The van der Waals surface area contributed by atoms with Gasteiger partial charge in [-0.05, 0) is 98.4 Å². The van der Waals surface area contributed by atoms with Gasteiger partial charge in [0.2, 0.25) is 0 Å². The lowest BCUT2D eigenvalue weighted by Crippen LogP contribution is -2.37. The number of aromatic nitrogens is 4. The molecule has 7 nitrogen and oxygen atoms in total. The van der Waals surface area contributed by atoms with Gasteiger partial charge in [0.15, 0.2) is 5.82 Å². The van der Waals surface area contributed by atoms with Gasteiger partial charge in [-0.2, -0.15) is 0 Å². The number of aryl methyl sites for hydroxylation is 2. The second-order valence-corrected chi connectivity index (χ2v) is 13.5. The van der Waals surface area contributed by atoms with Gasteiger partial charge in [0.25, 0.3) is 5.91 Å². The smallest absolute Gasteiger partial charge is 0.254 e. The van der Waals surface area contributed by atoms with Gasteiger partial charge in [0.1, 0.15) is 11.3 Å². The predicted molar refractivity (Wildman–Crippen MR) is 179 cm³/mol. The highest BCUT2D eigenvalue weighted by Crippen LogP contribution is 2.41. The van der Waals surface area contributed by atoms with Crippen LogP contribution in [0.2, 0.25) is 0 Å². The van der Waals surface area contributed by atoms with Gasteiger partial charge >= 0.3 is 0 Å². The molecule has 6 aromatic rings. The second kappa shape index (κ2) is 9.93. The van der Waals surface area contributed by atoms with Gasteiger partial charge in [0.05, 0.1) is 23.8 Å². The van der Waals surface area contributed by atoms with E-state index >= 15 is 0 Å². The molecule has 226 valence electrons. The Labute approximate surface area is 262 Å². The second-order valence-electron chi connectivity index (χ2n) is 13.5. The molecule has 45 heavy (non-hydrogen) atoms. The minimum absolute atomic E-state index is 0.101. The van der Waals surface area contributed by atoms with E-state index in [9.17, 15) is 4.79 Å². The van der Waals surface area contributed by atoms with Gasteiger partial charge in [-0.25, -0.2) is 4.98 Å². The third kappa shape index (κ3) is 4.27. The average molecular weight is 596 g/mol. The lowest BCUT2D eigenvalue weighted by Gasteiger charge is -2.27. The molecule has 4 heterocycles. The standard InChI is InChI=1S/C38H37N5O2/c1-22-7-14-30-29(5-4-6-31(30)39-22)25-11-12-26-18-34(43(33(26)17-25)20-23-8-9-23)37-40-32-16-27(19-35(45-3)36(32)41(37)2)38(44)42-21-24-10-13-28(42)15-24/h4-7,11-12,14,16-19,23-24,28H,8-10,13,15,20-21H2,1-3H3. The van der Waals surface area contributed by atoms with Crippen LogP contribution in [0.5, 0.6) is 5.75 Å². The molecule has 1 saturated heterocycles. The molecule has 2 atom stereocenters. The fraction of sp³-hybridized carbons (Fsp3) is 0.342. The summed E-state index contributed by atoms with van der Waals surface area (Å²) in [5.74, 6) is 3.01. The van der Waals surface area contributed by atoms with Crippen LogP contribution in [0, 0.1) is 18.8 Å². The molecule has 1 aliphatic heterocycles. The summed E-state index contributed by atoms with van der Waals surface area (Å²) in [6.45, 7) is 3.87. The van der Waals surface area contributed by atoms with Gasteiger partial charge in [-0.1, -0.05) is 30.3 Å². The highest BCUT2D eigenvalue weighted by molar-refractivity contribution is 6.01. The number of piperidine rings is 1. The minimum atomic E-state index is 0.101. The highest BCUT2D eigenvalue weighted by Gasteiger charge is 2.40. The molecule has 2 saturated carbocycles. The summed E-state index contributed by atoms with van der Waals surface area (Å²) in [6, 6.07) is 24.0. The van der Waals surface area contributed by atoms with Crippen molar-refractivity contribution in [2.75, 3.05) is 13.7 Å². The molecule has 2 unspecified atom stereocenters. The molecule has 3 aliphatic rings. The lowest BCUT2D eigenvalue weighted by atomic mass is 9.99. The van der Waals surface area contributed by atoms with Crippen LogP contribution in [0.1, 0.15) is 48.2 Å². The summed E-state index contributed by atoms with van der Waals surface area (Å²) in [6.07, 6.45) is 6.02. The molecule has 0 N–H and O–H groups in total. The molecular formula is C38H37N5O2. The lowest BCUT2D eigenvalue weighted by molar-refractivity contribution is 0.0703. The summed E-state index contributed by atoms with van der Waals surface area (Å²) < 4.78 is 10.5. The number of amides is 1. The Hall–Kier alpha value is -4.65. The first-order chi connectivity index (χ1) is 21.9. The van der Waals surface area contributed by atoms with Gasteiger partial charge in [-0.15, -0.1) is 0 Å². The first kappa shape index (κ1) is 26.7. The number of carbonyl (C=O) groups excluding carboxylic acids is 1. The minimum Gasteiger partial charge on any atom is -0.494 e. The first-order valence-electron chi connectivity index (χ1n) is 16.3. The maximum absolute atomic E-state index is 13.7. The molecule has 0 spiro atoms. The van der Waals surface area contributed by atoms with Crippen molar-refractivity contribution < 1.29 is 9.53 Å². The van der Waals surface area contributed by atoms with Crippen molar-refractivity contribution in [3.63, 3.8) is 0 Å². The summed E-state index contributed by atoms with van der Waals surface area (Å²) in [7, 11) is 3.74. The fourth-order valence-corrected chi connectivity index (χ4v) is 8.03. The van der Waals surface area contributed by atoms with Crippen LogP contribution >= 0.6 is 0 Å². The van der Waals surface area contributed by atoms with Crippen molar-refractivity contribution in [2.24, 2.45) is 18.9 Å². The third-order valence-electron chi connectivity index (χ3n) is 10.5. The molecule has 3 aromatic carbocycles. The molecule has 2 aliphatic carbocycles. The van der Waals surface area contributed by atoms with E-state index in [0.717, 1.165) is 65.1 Å². The van der Waals surface area contributed by atoms with Crippen LogP contribution in [-0.4, -0.2) is 49.6 Å². The zero-order valence-corrected chi connectivity index (χ0v) is 26.1. The van der Waals surface area contributed by atoms with E-state index in [0.29, 0.717) is 29.2 Å². The zero-order valence-electron chi connectivity index (χ0n) is 26.1. The summed E-state index contributed by atoms with van der Waals surface area (Å²) >= 11 is 0. The average Bonchev–Trinajstić information content (AvgIpc) is 3.34. The van der Waals surface area contributed by atoms with Crippen molar-refractivity contribution in [2.45, 2.75) is 51.6 Å². The number of hydrogen-bond acceptors (Lipinski definition) is 4. The molecule has 0 radical (unpaired) electrons. The van der Waals surface area contributed by atoms with Crippen molar-refractivity contribution >= 4 is 38.7 Å². The van der Waals surface area contributed by atoms with E-state index in [1.54, 1.807) is 7.11 Å². The molecule has 3 aromatic heterocycles. The van der Waals surface area contributed by atoms with E-state index in [1.807, 2.05) is 19.1 Å². The van der Waals surface area contributed by atoms with E-state index in [1.165, 1.54) is 41.3 Å². The largest absolute Gasteiger partial charge is 0.494 e. The molecule has 1 amide bonds. The van der Waals surface area contributed by atoms with Crippen LogP contribution in [0.3, 0.4) is 0 Å². The highest BCUT2D eigenvalue weighted by atomic mass is 16.5. The summed E-state index contributed by atoms with van der Waals surface area (Å²) in [5, 5.41) is 2.36. The van der Waals surface area contributed by atoms with Gasteiger partial charge in [0, 0.05) is 53.7 Å². The van der Waals surface area contributed by atoms with Crippen LogP contribution < -0.4 is 4.74 Å². The molecule has 2 bridgehead atoms. The Balaban J connectivity index is 1.18. The van der Waals surface area contributed by atoms with Crippen molar-refractivity contribution in [1.29, 1.82) is 0 Å². The predicted octanol–water partition coefficient (Wildman–Crippen LogP) is 7.76. The monoisotopic (exact) mass is 595 g/mol. The van der Waals surface area contributed by atoms with Crippen molar-refractivity contribution in [3.05, 3.63) is 78.0 Å². The molecule has 9 rings (SSSR count). The molecule has 3 fully saturated rings. The van der Waals surface area contributed by atoms with Crippen molar-refractivity contribution in [1.82, 2.24) is 24.0 Å². The number of nitrogens with zero attached hydrogens (tertiary/aromatic N) is 5. The Kier molecular flexibility index (Phi) is 5.90. The van der Waals surface area contributed by atoms with Crippen LogP contribution in [0.15, 0.2) is 66.7 Å². The number of hydrogen-bond donors (Lipinski definition) is 0. The van der Waals surface area contributed by atoms with Gasteiger partial charge in [-0.3, -0.25) is 9.78 Å².